The number of aromatic nitrogens is 2. The molecule has 3 rings (SSSR count). The molecule has 0 aliphatic rings. The third-order valence-corrected chi connectivity index (χ3v) is 3.69. The van der Waals surface area contributed by atoms with Gasteiger partial charge in [-0.25, -0.2) is 9.48 Å². The summed E-state index contributed by atoms with van der Waals surface area (Å²) in [5.41, 5.74) is 1.70. The van der Waals surface area contributed by atoms with Gasteiger partial charge in [0.15, 0.2) is 5.69 Å². The van der Waals surface area contributed by atoms with E-state index in [0.717, 1.165) is 11.3 Å². The summed E-state index contributed by atoms with van der Waals surface area (Å²) in [5, 5.41) is 17.1. The first-order chi connectivity index (χ1) is 11.1. The maximum absolute atomic E-state index is 11.2. The molecule has 0 saturated carbocycles. The lowest BCUT2D eigenvalue weighted by atomic mass is 10.2. The van der Waals surface area contributed by atoms with E-state index in [2.05, 4.69) is 10.4 Å². The van der Waals surface area contributed by atoms with Crippen molar-refractivity contribution >= 4 is 29.1 Å². The predicted octanol–water partition coefficient (Wildman–Crippen LogP) is 4.03. The highest BCUT2D eigenvalue weighted by Crippen LogP contribution is 2.22. The van der Waals surface area contributed by atoms with Crippen molar-refractivity contribution in [3.05, 3.63) is 76.9 Å². The van der Waals surface area contributed by atoms with Crippen LogP contribution in [0, 0.1) is 0 Å². The molecule has 0 spiro atoms. The van der Waals surface area contributed by atoms with Crippen LogP contribution < -0.4 is 5.32 Å². The van der Waals surface area contributed by atoms with Crippen molar-refractivity contribution in [2.45, 2.75) is 6.54 Å². The SMILES string of the molecule is O=C(O)c1cc(Nc2ccccc2)n(Cc2ccccc2Cl)n1. The van der Waals surface area contributed by atoms with Crippen LogP contribution >= 0.6 is 11.6 Å². The first kappa shape index (κ1) is 15.1. The number of anilines is 2. The van der Waals surface area contributed by atoms with Crippen molar-refractivity contribution in [2.24, 2.45) is 0 Å². The standard InChI is InChI=1S/C17H14ClN3O2/c18-14-9-5-4-6-12(14)11-21-16(10-15(20-21)17(22)23)19-13-7-2-1-3-8-13/h1-10,19H,11H2,(H,22,23). The van der Waals surface area contributed by atoms with E-state index in [9.17, 15) is 9.90 Å². The lowest BCUT2D eigenvalue weighted by Crippen LogP contribution is -2.07. The smallest absolute Gasteiger partial charge is 0.356 e. The minimum Gasteiger partial charge on any atom is -0.476 e. The van der Waals surface area contributed by atoms with Crippen LogP contribution in [0.2, 0.25) is 5.02 Å². The van der Waals surface area contributed by atoms with Gasteiger partial charge in [0.25, 0.3) is 0 Å². The van der Waals surface area contributed by atoms with Crippen molar-refractivity contribution in [3.63, 3.8) is 0 Å². The number of hydrogen-bond acceptors (Lipinski definition) is 3. The summed E-state index contributed by atoms with van der Waals surface area (Å²) < 4.78 is 1.59. The minimum absolute atomic E-state index is 0.0181. The molecular weight excluding hydrogens is 314 g/mol. The molecule has 0 aliphatic heterocycles. The third-order valence-electron chi connectivity index (χ3n) is 3.32. The third kappa shape index (κ3) is 3.52. The van der Waals surface area contributed by atoms with Crippen LogP contribution in [-0.2, 0) is 6.54 Å². The molecule has 23 heavy (non-hydrogen) atoms. The number of carboxylic acid groups (broad SMARTS) is 1. The number of benzene rings is 2. The average Bonchev–Trinajstić information content (AvgIpc) is 2.94. The van der Waals surface area contributed by atoms with Crippen molar-refractivity contribution in [3.8, 4) is 0 Å². The number of aromatic carboxylic acids is 1. The van der Waals surface area contributed by atoms with Gasteiger partial charge >= 0.3 is 5.97 Å². The fourth-order valence-electron chi connectivity index (χ4n) is 2.20. The Labute approximate surface area is 138 Å². The van der Waals surface area contributed by atoms with Gasteiger partial charge in [-0.1, -0.05) is 48.0 Å². The summed E-state index contributed by atoms with van der Waals surface area (Å²) in [4.78, 5) is 11.2. The molecule has 1 heterocycles. The molecule has 2 aromatic carbocycles. The summed E-state index contributed by atoms with van der Waals surface area (Å²) in [7, 11) is 0. The predicted molar refractivity (Wildman–Crippen MR) is 89.5 cm³/mol. The summed E-state index contributed by atoms with van der Waals surface area (Å²) in [6, 6.07) is 18.4. The lowest BCUT2D eigenvalue weighted by Gasteiger charge is -2.10. The van der Waals surface area contributed by atoms with Gasteiger partial charge in [-0.15, -0.1) is 0 Å². The van der Waals surface area contributed by atoms with E-state index in [1.54, 1.807) is 10.7 Å². The van der Waals surface area contributed by atoms with E-state index in [0.29, 0.717) is 17.4 Å². The lowest BCUT2D eigenvalue weighted by molar-refractivity contribution is 0.0689. The Balaban J connectivity index is 1.95. The van der Waals surface area contributed by atoms with E-state index in [4.69, 9.17) is 11.6 Å². The van der Waals surface area contributed by atoms with Gasteiger partial charge in [0.05, 0.1) is 6.54 Å². The number of para-hydroxylation sites is 1. The number of nitrogens with zero attached hydrogens (tertiary/aromatic N) is 2. The molecule has 0 saturated heterocycles. The van der Waals surface area contributed by atoms with Crippen LogP contribution in [0.5, 0.6) is 0 Å². The monoisotopic (exact) mass is 327 g/mol. The Bertz CT molecular complexity index is 831. The molecule has 0 radical (unpaired) electrons. The molecule has 0 fully saturated rings. The topological polar surface area (TPSA) is 67.2 Å². The van der Waals surface area contributed by atoms with Crippen LogP contribution in [0.15, 0.2) is 60.7 Å². The highest BCUT2D eigenvalue weighted by Gasteiger charge is 2.14. The average molecular weight is 328 g/mol. The van der Waals surface area contributed by atoms with Crippen molar-refractivity contribution in [2.75, 3.05) is 5.32 Å². The zero-order valence-electron chi connectivity index (χ0n) is 12.1. The quantitative estimate of drug-likeness (QED) is 0.742. The first-order valence-electron chi connectivity index (χ1n) is 7.00. The van der Waals surface area contributed by atoms with Gasteiger partial charge in [-0.3, -0.25) is 0 Å². The van der Waals surface area contributed by atoms with Gasteiger partial charge < -0.3 is 10.4 Å². The number of carboxylic acids is 1. The molecule has 0 unspecified atom stereocenters. The molecule has 3 aromatic rings. The zero-order valence-corrected chi connectivity index (χ0v) is 12.9. The summed E-state index contributed by atoms with van der Waals surface area (Å²) in [6.45, 7) is 0.377. The maximum atomic E-state index is 11.2. The van der Waals surface area contributed by atoms with Gasteiger partial charge in [0.2, 0.25) is 0 Å². The van der Waals surface area contributed by atoms with E-state index < -0.39 is 5.97 Å². The van der Waals surface area contributed by atoms with Gasteiger partial charge in [0.1, 0.15) is 5.82 Å². The Morgan fingerprint density at radius 3 is 2.52 bits per heavy atom. The molecule has 2 N–H and O–H groups in total. The second-order valence-electron chi connectivity index (χ2n) is 4.96. The normalized spacial score (nSPS) is 10.5. The molecule has 0 bridgehead atoms. The number of nitrogens with one attached hydrogen (secondary N) is 1. The Morgan fingerprint density at radius 1 is 1.13 bits per heavy atom. The number of rotatable bonds is 5. The van der Waals surface area contributed by atoms with Crippen molar-refractivity contribution in [1.29, 1.82) is 0 Å². The molecule has 6 heteroatoms. The Hall–Kier alpha value is -2.79. The molecule has 5 nitrogen and oxygen atoms in total. The minimum atomic E-state index is -1.07. The molecule has 0 aliphatic carbocycles. The van der Waals surface area contributed by atoms with Crippen molar-refractivity contribution < 1.29 is 9.90 Å². The molecule has 0 atom stereocenters. The molecular formula is C17H14ClN3O2. The number of carbonyl (C=O) groups is 1. The Morgan fingerprint density at radius 2 is 1.83 bits per heavy atom. The largest absolute Gasteiger partial charge is 0.476 e. The molecule has 116 valence electrons. The molecule has 0 amide bonds. The van der Waals surface area contributed by atoms with Gasteiger partial charge in [-0.05, 0) is 23.8 Å². The zero-order chi connectivity index (χ0) is 16.2. The van der Waals surface area contributed by atoms with E-state index in [-0.39, 0.29) is 5.69 Å². The van der Waals surface area contributed by atoms with Crippen LogP contribution in [0.25, 0.3) is 0 Å². The summed E-state index contributed by atoms with van der Waals surface area (Å²) in [6.07, 6.45) is 0. The van der Waals surface area contributed by atoms with Crippen LogP contribution in [0.1, 0.15) is 16.1 Å². The fraction of sp³-hybridized carbons (Fsp3) is 0.0588. The van der Waals surface area contributed by atoms with E-state index in [1.165, 1.54) is 6.07 Å². The van der Waals surface area contributed by atoms with Crippen LogP contribution in [0.4, 0.5) is 11.5 Å². The fourth-order valence-corrected chi connectivity index (χ4v) is 2.40. The van der Waals surface area contributed by atoms with E-state index in [1.807, 2.05) is 48.5 Å². The van der Waals surface area contributed by atoms with Crippen molar-refractivity contribution in [1.82, 2.24) is 9.78 Å². The highest BCUT2D eigenvalue weighted by atomic mass is 35.5. The first-order valence-corrected chi connectivity index (χ1v) is 7.38. The van der Waals surface area contributed by atoms with Crippen LogP contribution in [0.3, 0.4) is 0 Å². The number of halogens is 1. The number of hydrogen-bond donors (Lipinski definition) is 2. The highest BCUT2D eigenvalue weighted by molar-refractivity contribution is 6.31. The molecule has 1 aromatic heterocycles. The Kier molecular flexibility index (Phi) is 4.30. The van der Waals surface area contributed by atoms with Gasteiger partial charge in [0, 0.05) is 16.8 Å². The second kappa shape index (κ2) is 6.54. The second-order valence-corrected chi connectivity index (χ2v) is 5.37. The summed E-state index contributed by atoms with van der Waals surface area (Å²) >= 11 is 6.18. The van der Waals surface area contributed by atoms with Crippen LogP contribution in [-0.4, -0.2) is 20.9 Å². The maximum Gasteiger partial charge on any atom is 0.356 e. The van der Waals surface area contributed by atoms with Gasteiger partial charge in [-0.2, -0.15) is 5.10 Å². The summed E-state index contributed by atoms with van der Waals surface area (Å²) in [5.74, 6) is -0.479. The van der Waals surface area contributed by atoms with E-state index >= 15 is 0 Å².